The van der Waals surface area contributed by atoms with E-state index < -0.39 is 36.2 Å². The fourth-order valence-corrected chi connectivity index (χ4v) is 5.30. The summed E-state index contributed by atoms with van der Waals surface area (Å²) in [6.45, 7) is -0.181. The predicted molar refractivity (Wildman–Crippen MR) is 140 cm³/mol. The molecule has 2 N–H and O–H groups in total. The van der Waals surface area contributed by atoms with Gasteiger partial charge >= 0.3 is 12.1 Å². The van der Waals surface area contributed by atoms with Crippen LogP contribution >= 0.6 is 0 Å². The van der Waals surface area contributed by atoms with Crippen molar-refractivity contribution in [3.63, 3.8) is 0 Å². The van der Waals surface area contributed by atoms with Crippen LogP contribution in [0.1, 0.15) is 28.8 Å². The minimum Gasteiger partial charge on any atom is -0.491 e. The molecule has 2 fully saturated rings. The van der Waals surface area contributed by atoms with E-state index in [-0.39, 0.29) is 30.3 Å². The molecule has 6 nitrogen and oxygen atoms in total. The highest BCUT2D eigenvalue weighted by atomic mass is 19.4. The zero-order valence-corrected chi connectivity index (χ0v) is 21.4. The molecule has 1 saturated heterocycles. The molecule has 0 amide bonds. The summed E-state index contributed by atoms with van der Waals surface area (Å²) in [7, 11) is 0. The van der Waals surface area contributed by atoms with E-state index in [0.29, 0.717) is 18.4 Å². The van der Waals surface area contributed by atoms with E-state index in [2.05, 4.69) is 0 Å². The molecule has 1 heterocycles. The monoisotopic (exact) mass is 554 g/mol. The zero-order valence-electron chi connectivity index (χ0n) is 21.4. The molecular weight excluding hydrogens is 525 g/mol. The van der Waals surface area contributed by atoms with Gasteiger partial charge in [-0.3, -0.25) is 0 Å². The summed E-state index contributed by atoms with van der Waals surface area (Å²) in [5.41, 5.74) is 1.63. The van der Waals surface area contributed by atoms with Crippen LogP contribution in [-0.4, -0.2) is 47.4 Å². The largest absolute Gasteiger partial charge is 0.491 e. The molecule has 2 aliphatic rings. The summed E-state index contributed by atoms with van der Waals surface area (Å²) < 4.78 is 55.1. The number of esters is 1. The summed E-state index contributed by atoms with van der Waals surface area (Å²) in [5, 5.41) is 20.4. The molecular formula is C31H29F3O6. The van der Waals surface area contributed by atoms with Gasteiger partial charge in [-0.05, 0) is 53.4 Å². The number of aliphatic hydroxyl groups excluding tert-OH is 2. The van der Waals surface area contributed by atoms with Crippen molar-refractivity contribution < 1.29 is 42.4 Å². The lowest BCUT2D eigenvalue weighted by Crippen LogP contribution is -2.26. The predicted octanol–water partition coefficient (Wildman–Crippen LogP) is 5.64. The Balaban J connectivity index is 1.21. The van der Waals surface area contributed by atoms with E-state index >= 15 is 0 Å². The Kier molecular flexibility index (Phi) is 8.25. The van der Waals surface area contributed by atoms with Crippen molar-refractivity contribution in [3.8, 4) is 16.9 Å². The fraction of sp³-hybridized carbons (Fsp3) is 0.323. The van der Waals surface area contributed by atoms with Gasteiger partial charge < -0.3 is 24.4 Å². The van der Waals surface area contributed by atoms with Crippen LogP contribution in [0.3, 0.4) is 0 Å². The molecule has 40 heavy (non-hydrogen) atoms. The number of fused-ring (bicyclic) bond motifs is 1. The van der Waals surface area contributed by atoms with Crippen molar-refractivity contribution in [3.05, 3.63) is 102 Å². The number of benzene rings is 3. The first-order chi connectivity index (χ1) is 19.2. The van der Waals surface area contributed by atoms with Gasteiger partial charge in [0.15, 0.2) is 6.29 Å². The SMILES string of the molecule is O=C(O[C@@H]1C[C@@H]2OC(O)C[C@@H]2[C@H]1/C=C/[C@@H](O)COc1ccc(C(F)(F)F)cc1)c1ccc(-c2ccccc2)cc1. The number of carbonyl (C=O) groups excluding carboxylic acids is 1. The molecule has 9 heteroatoms. The Hall–Kier alpha value is -3.66. The Labute approximate surface area is 229 Å². The molecule has 3 aromatic carbocycles. The Bertz CT molecular complexity index is 1310. The number of ether oxygens (including phenoxy) is 3. The highest BCUT2D eigenvalue weighted by Crippen LogP contribution is 2.45. The Morgan fingerprint density at radius 2 is 1.65 bits per heavy atom. The Morgan fingerprint density at radius 1 is 0.975 bits per heavy atom. The van der Waals surface area contributed by atoms with Crippen LogP contribution in [0, 0.1) is 11.8 Å². The molecule has 6 atom stereocenters. The third-order valence-electron chi connectivity index (χ3n) is 7.32. The van der Waals surface area contributed by atoms with E-state index in [0.717, 1.165) is 23.3 Å². The van der Waals surface area contributed by atoms with Crippen molar-refractivity contribution in [2.45, 2.75) is 43.6 Å². The highest BCUT2D eigenvalue weighted by Gasteiger charge is 2.50. The molecule has 0 aromatic heterocycles. The average molecular weight is 555 g/mol. The van der Waals surface area contributed by atoms with E-state index in [9.17, 15) is 28.2 Å². The van der Waals surface area contributed by atoms with E-state index in [1.54, 1.807) is 18.2 Å². The first-order valence-corrected chi connectivity index (χ1v) is 13.0. The summed E-state index contributed by atoms with van der Waals surface area (Å²) in [6.07, 6.45) is -3.19. The lowest BCUT2D eigenvalue weighted by atomic mass is 9.91. The van der Waals surface area contributed by atoms with Crippen LogP contribution in [0.4, 0.5) is 13.2 Å². The second-order valence-electron chi connectivity index (χ2n) is 10.0. The van der Waals surface area contributed by atoms with E-state index in [1.807, 2.05) is 42.5 Å². The minimum atomic E-state index is -4.44. The van der Waals surface area contributed by atoms with Crippen molar-refractivity contribution in [1.29, 1.82) is 0 Å². The highest BCUT2D eigenvalue weighted by molar-refractivity contribution is 5.90. The molecule has 1 saturated carbocycles. The van der Waals surface area contributed by atoms with Gasteiger partial charge in [-0.2, -0.15) is 13.2 Å². The maximum atomic E-state index is 13.0. The smallest absolute Gasteiger partial charge is 0.416 e. The maximum absolute atomic E-state index is 13.0. The van der Waals surface area contributed by atoms with Gasteiger partial charge in [0, 0.05) is 18.8 Å². The number of rotatable bonds is 8. The topological polar surface area (TPSA) is 85.2 Å². The fourth-order valence-electron chi connectivity index (χ4n) is 5.30. The zero-order chi connectivity index (χ0) is 28.3. The maximum Gasteiger partial charge on any atom is 0.416 e. The second kappa shape index (κ2) is 11.8. The number of alkyl halides is 3. The van der Waals surface area contributed by atoms with Gasteiger partial charge in [-0.25, -0.2) is 4.79 Å². The molecule has 3 aromatic rings. The van der Waals surface area contributed by atoms with Crippen LogP contribution in [-0.2, 0) is 15.7 Å². The van der Waals surface area contributed by atoms with Crippen molar-refractivity contribution >= 4 is 5.97 Å². The van der Waals surface area contributed by atoms with Gasteiger partial charge in [0.25, 0.3) is 0 Å². The quantitative estimate of drug-likeness (QED) is 0.277. The second-order valence-corrected chi connectivity index (χ2v) is 10.0. The molecule has 5 rings (SSSR count). The van der Waals surface area contributed by atoms with Crippen LogP contribution in [0.2, 0.25) is 0 Å². The van der Waals surface area contributed by atoms with Gasteiger partial charge in [-0.15, -0.1) is 0 Å². The van der Waals surface area contributed by atoms with Crippen LogP contribution in [0.15, 0.2) is 91.0 Å². The molecule has 0 bridgehead atoms. The van der Waals surface area contributed by atoms with Crippen LogP contribution in [0.25, 0.3) is 11.1 Å². The molecule has 1 aliphatic carbocycles. The average Bonchev–Trinajstić information content (AvgIpc) is 3.46. The van der Waals surface area contributed by atoms with Gasteiger partial charge in [0.2, 0.25) is 0 Å². The van der Waals surface area contributed by atoms with Crippen LogP contribution < -0.4 is 4.74 Å². The number of hydrogen-bond donors (Lipinski definition) is 2. The lowest BCUT2D eigenvalue weighted by Gasteiger charge is -2.21. The lowest BCUT2D eigenvalue weighted by molar-refractivity contribution is -0.137. The Morgan fingerprint density at radius 3 is 2.33 bits per heavy atom. The molecule has 0 spiro atoms. The standard InChI is InChI=1S/C31H29F3O6/c32-31(33,34)22-10-13-24(14-11-22)38-18-23(35)12-15-25-26-16-29(36)39-28(26)17-27(25)40-30(37)21-8-6-20(7-9-21)19-4-2-1-3-5-19/h1-15,23,25-29,35-36H,16-18H2/b15-12+/t23-,25-,26-,27-,28+,29?/m1/s1. The molecule has 210 valence electrons. The first kappa shape index (κ1) is 27.9. The number of hydrogen-bond acceptors (Lipinski definition) is 6. The minimum absolute atomic E-state index is 0.104. The van der Waals surface area contributed by atoms with Gasteiger partial charge in [0.1, 0.15) is 24.6 Å². The van der Waals surface area contributed by atoms with Crippen molar-refractivity contribution in [2.24, 2.45) is 11.8 Å². The van der Waals surface area contributed by atoms with Crippen molar-refractivity contribution in [1.82, 2.24) is 0 Å². The normalized spacial score (nSPS) is 25.1. The van der Waals surface area contributed by atoms with Crippen LogP contribution in [0.5, 0.6) is 5.75 Å². The summed E-state index contributed by atoms with van der Waals surface area (Å²) in [6, 6.07) is 21.2. The third-order valence-corrected chi connectivity index (χ3v) is 7.32. The summed E-state index contributed by atoms with van der Waals surface area (Å²) in [4.78, 5) is 13.0. The number of carbonyl (C=O) groups is 1. The number of aliphatic hydroxyl groups is 2. The summed E-state index contributed by atoms with van der Waals surface area (Å²) >= 11 is 0. The summed E-state index contributed by atoms with van der Waals surface area (Å²) in [5.74, 6) is -0.698. The third kappa shape index (κ3) is 6.55. The van der Waals surface area contributed by atoms with E-state index in [1.165, 1.54) is 18.2 Å². The van der Waals surface area contributed by atoms with E-state index in [4.69, 9.17) is 14.2 Å². The molecule has 0 radical (unpaired) electrons. The van der Waals surface area contributed by atoms with Gasteiger partial charge in [0.05, 0.1) is 17.2 Å². The molecule has 1 aliphatic heterocycles. The van der Waals surface area contributed by atoms with Crippen molar-refractivity contribution in [2.75, 3.05) is 6.61 Å². The molecule has 1 unspecified atom stereocenters. The number of halogens is 3. The first-order valence-electron chi connectivity index (χ1n) is 13.0. The van der Waals surface area contributed by atoms with Gasteiger partial charge in [-0.1, -0.05) is 54.6 Å².